The van der Waals surface area contributed by atoms with Gasteiger partial charge in [-0.2, -0.15) is 0 Å². The first-order chi connectivity index (χ1) is 13.5. The average Bonchev–Trinajstić information content (AvgIpc) is 2.70. The fourth-order valence-electron chi connectivity index (χ4n) is 3.60. The molecule has 1 amide bonds. The monoisotopic (exact) mass is 426 g/mol. The molecular weight excluding hydrogens is 402 g/mol. The highest BCUT2D eigenvalue weighted by Gasteiger charge is 2.28. The zero-order valence-corrected chi connectivity index (χ0v) is 17.2. The van der Waals surface area contributed by atoms with E-state index in [9.17, 15) is 13.6 Å². The molecular formula is C21H25ClF2N2O3. The molecule has 8 heteroatoms. The predicted molar refractivity (Wildman–Crippen MR) is 109 cm³/mol. The molecule has 2 aromatic carbocycles. The number of methoxy groups -OCH3 is 2. The van der Waals surface area contributed by atoms with Gasteiger partial charge in [0.15, 0.2) is 11.6 Å². The lowest BCUT2D eigenvalue weighted by Crippen LogP contribution is -2.50. The average molecular weight is 427 g/mol. The first-order valence-electron chi connectivity index (χ1n) is 9.17. The van der Waals surface area contributed by atoms with Gasteiger partial charge in [-0.3, -0.25) is 4.79 Å². The first kappa shape index (κ1) is 22.9. The Bertz CT molecular complexity index is 851. The van der Waals surface area contributed by atoms with Crippen molar-refractivity contribution in [3.05, 3.63) is 59.2 Å². The molecule has 0 spiro atoms. The second-order valence-electron chi connectivity index (χ2n) is 6.80. The molecule has 1 aliphatic rings. The van der Waals surface area contributed by atoms with Gasteiger partial charge < -0.3 is 20.1 Å². The number of rotatable bonds is 6. The van der Waals surface area contributed by atoms with Gasteiger partial charge in [0, 0.05) is 24.1 Å². The van der Waals surface area contributed by atoms with Crippen LogP contribution in [0.4, 0.5) is 8.78 Å². The van der Waals surface area contributed by atoms with Crippen LogP contribution in [0.15, 0.2) is 36.4 Å². The van der Waals surface area contributed by atoms with Crippen molar-refractivity contribution in [3.63, 3.8) is 0 Å². The molecule has 0 aromatic heterocycles. The molecule has 1 saturated heterocycles. The van der Waals surface area contributed by atoms with Crippen molar-refractivity contribution in [1.82, 2.24) is 10.6 Å². The van der Waals surface area contributed by atoms with Crippen molar-refractivity contribution >= 4 is 18.3 Å². The zero-order chi connectivity index (χ0) is 20.1. The molecule has 2 unspecified atom stereocenters. The van der Waals surface area contributed by atoms with Gasteiger partial charge in [-0.15, -0.1) is 12.4 Å². The Labute approximate surface area is 175 Å². The van der Waals surface area contributed by atoms with Gasteiger partial charge in [0.05, 0.1) is 20.6 Å². The zero-order valence-electron chi connectivity index (χ0n) is 16.3. The highest BCUT2D eigenvalue weighted by atomic mass is 35.5. The van der Waals surface area contributed by atoms with Gasteiger partial charge in [0.1, 0.15) is 11.5 Å². The summed E-state index contributed by atoms with van der Waals surface area (Å²) >= 11 is 0. The third-order valence-electron chi connectivity index (χ3n) is 5.04. The normalized spacial score (nSPS) is 18.5. The molecule has 5 nitrogen and oxygen atoms in total. The van der Waals surface area contributed by atoms with Crippen LogP contribution in [-0.4, -0.2) is 39.3 Å². The third kappa shape index (κ3) is 5.58. The van der Waals surface area contributed by atoms with Crippen LogP contribution < -0.4 is 20.1 Å². The van der Waals surface area contributed by atoms with Gasteiger partial charge >= 0.3 is 0 Å². The maximum Gasteiger partial charge on any atom is 0.224 e. The summed E-state index contributed by atoms with van der Waals surface area (Å²) in [7, 11) is 3.11. The Hall–Kier alpha value is -2.38. The summed E-state index contributed by atoms with van der Waals surface area (Å²) in [5.41, 5.74) is 1.40. The fraction of sp³-hybridized carbons (Fsp3) is 0.381. The van der Waals surface area contributed by atoms with Gasteiger partial charge in [0.25, 0.3) is 0 Å². The van der Waals surface area contributed by atoms with Crippen LogP contribution in [0.25, 0.3) is 0 Å². The topological polar surface area (TPSA) is 59.6 Å². The maximum atomic E-state index is 13.7. The Kier molecular flexibility index (Phi) is 8.22. The van der Waals surface area contributed by atoms with E-state index in [0.29, 0.717) is 29.2 Å². The molecule has 1 fully saturated rings. The standard InChI is InChI=1S/C21H24F2N2O3.ClH/c1-27-15-4-6-20(28-2)14(9-15)11-21(26)25-19-12-24-8-7-16(19)13-3-5-17(22)18(23)10-13;/h3-6,9-10,16,19,24H,7-8,11-12H2,1-2H3,(H,25,26);1H. The molecule has 158 valence electrons. The molecule has 1 heterocycles. The molecule has 0 bridgehead atoms. The summed E-state index contributed by atoms with van der Waals surface area (Å²) < 4.78 is 37.5. The van der Waals surface area contributed by atoms with Gasteiger partial charge in [-0.1, -0.05) is 6.07 Å². The highest BCUT2D eigenvalue weighted by Crippen LogP contribution is 2.28. The number of amides is 1. The molecule has 2 atom stereocenters. The lowest BCUT2D eigenvalue weighted by atomic mass is 9.86. The summed E-state index contributed by atoms with van der Waals surface area (Å²) in [6, 6.07) is 9.01. The SMILES string of the molecule is COc1ccc(OC)c(CC(=O)NC2CNCCC2c2ccc(F)c(F)c2)c1.Cl. The lowest BCUT2D eigenvalue weighted by molar-refractivity contribution is -0.121. The Balaban J connectivity index is 0.00000300. The predicted octanol–water partition coefficient (Wildman–Crippen LogP) is 3.21. The minimum atomic E-state index is -0.873. The van der Waals surface area contributed by atoms with Crippen LogP contribution in [0.5, 0.6) is 11.5 Å². The van der Waals surface area contributed by atoms with Crippen molar-refractivity contribution in [2.75, 3.05) is 27.3 Å². The number of hydrogen-bond donors (Lipinski definition) is 2. The van der Waals surface area contributed by atoms with Gasteiger partial charge in [-0.05, 0) is 48.9 Å². The molecule has 0 saturated carbocycles. The molecule has 1 aliphatic heterocycles. The van der Waals surface area contributed by atoms with Crippen LogP contribution in [-0.2, 0) is 11.2 Å². The van der Waals surface area contributed by atoms with E-state index in [0.717, 1.165) is 19.0 Å². The molecule has 29 heavy (non-hydrogen) atoms. The van der Waals surface area contributed by atoms with Crippen LogP contribution in [0.2, 0.25) is 0 Å². The van der Waals surface area contributed by atoms with E-state index in [1.807, 2.05) is 0 Å². The van der Waals surface area contributed by atoms with Crippen molar-refractivity contribution in [2.45, 2.75) is 24.8 Å². The van der Waals surface area contributed by atoms with E-state index in [1.165, 1.54) is 6.07 Å². The number of piperidine rings is 1. The highest BCUT2D eigenvalue weighted by molar-refractivity contribution is 5.85. The second-order valence-corrected chi connectivity index (χ2v) is 6.80. The minimum Gasteiger partial charge on any atom is -0.497 e. The van der Waals surface area contributed by atoms with Crippen LogP contribution in [0.1, 0.15) is 23.5 Å². The number of halogens is 3. The Morgan fingerprint density at radius 3 is 2.62 bits per heavy atom. The van der Waals surface area contributed by atoms with Crippen molar-refractivity contribution in [3.8, 4) is 11.5 Å². The van der Waals surface area contributed by atoms with E-state index in [1.54, 1.807) is 38.5 Å². The fourth-order valence-corrected chi connectivity index (χ4v) is 3.60. The van der Waals surface area contributed by atoms with Crippen LogP contribution >= 0.6 is 12.4 Å². The van der Waals surface area contributed by atoms with Crippen LogP contribution in [0, 0.1) is 11.6 Å². The van der Waals surface area contributed by atoms with Crippen molar-refractivity contribution in [2.24, 2.45) is 0 Å². The summed E-state index contributed by atoms with van der Waals surface area (Å²) in [6.45, 7) is 1.31. The summed E-state index contributed by atoms with van der Waals surface area (Å²) in [6.07, 6.45) is 0.847. The molecule has 0 radical (unpaired) electrons. The van der Waals surface area contributed by atoms with Crippen molar-refractivity contribution in [1.29, 1.82) is 0 Å². The number of benzene rings is 2. The molecule has 2 N–H and O–H groups in total. The van der Waals surface area contributed by atoms with E-state index in [2.05, 4.69) is 10.6 Å². The Morgan fingerprint density at radius 1 is 1.14 bits per heavy atom. The smallest absolute Gasteiger partial charge is 0.224 e. The molecule has 2 aromatic rings. The molecule has 3 rings (SSSR count). The maximum absolute atomic E-state index is 13.7. The third-order valence-corrected chi connectivity index (χ3v) is 5.04. The van der Waals surface area contributed by atoms with Gasteiger partial charge in [0.2, 0.25) is 5.91 Å². The second kappa shape index (κ2) is 10.4. The van der Waals surface area contributed by atoms with Crippen molar-refractivity contribution < 1.29 is 23.0 Å². The lowest BCUT2D eigenvalue weighted by Gasteiger charge is -2.33. The summed E-state index contributed by atoms with van der Waals surface area (Å²) in [5, 5.41) is 6.27. The number of ether oxygens (including phenoxy) is 2. The van der Waals surface area contributed by atoms with E-state index < -0.39 is 11.6 Å². The number of carbonyl (C=O) groups is 1. The number of hydrogen-bond acceptors (Lipinski definition) is 4. The van der Waals surface area contributed by atoms with Crippen LogP contribution in [0.3, 0.4) is 0 Å². The summed E-state index contributed by atoms with van der Waals surface area (Å²) in [4.78, 5) is 12.7. The summed E-state index contributed by atoms with van der Waals surface area (Å²) in [5.74, 6) is -0.761. The number of carbonyl (C=O) groups excluding carboxylic acids is 1. The largest absolute Gasteiger partial charge is 0.497 e. The molecule has 0 aliphatic carbocycles. The number of nitrogens with one attached hydrogen (secondary N) is 2. The van der Waals surface area contributed by atoms with E-state index in [4.69, 9.17) is 9.47 Å². The quantitative estimate of drug-likeness (QED) is 0.744. The van der Waals surface area contributed by atoms with Gasteiger partial charge in [-0.25, -0.2) is 8.78 Å². The van der Waals surface area contributed by atoms with E-state index in [-0.39, 0.29) is 36.7 Å². The van der Waals surface area contributed by atoms with E-state index >= 15 is 0 Å². The Morgan fingerprint density at radius 2 is 1.93 bits per heavy atom. The minimum absolute atomic E-state index is 0. The first-order valence-corrected chi connectivity index (χ1v) is 9.17.